The number of guanidine groups is 1. The van der Waals surface area contributed by atoms with E-state index in [-0.39, 0.29) is 11.2 Å². The van der Waals surface area contributed by atoms with Gasteiger partial charge in [0.1, 0.15) is 5.82 Å². The fraction of sp³-hybridized carbons (Fsp3) is 0.526. The highest BCUT2D eigenvalue weighted by Crippen LogP contribution is 2.38. The molecule has 1 aliphatic carbocycles. The summed E-state index contributed by atoms with van der Waals surface area (Å²) in [6.45, 7) is 3.56. The summed E-state index contributed by atoms with van der Waals surface area (Å²) in [7, 11) is 4.19. The number of nitrogens with one attached hydrogen (secondary N) is 1. The number of hydrogen-bond donors (Lipinski definition) is 2. The lowest BCUT2D eigenvalue weighted by Crippen LogP contribution is -2.35. The first-order valence-corrected chi connectivity index (χ1v) is 9.02. The van der Waals surface area contributed by atoms with Crippen LogP contribution in [0.3, 0.4) is 0 Å². The second-order valence-corrected chi connectivity index (χ2v) is 7.57. The minimum absolute atomic E-state index is 0.194. The minimum atomic E-state index is -0.324. The van der Waals surface area contributed by atoms with Crippen LogP contribution < -0.4 is 11.1 Å². The number of aromatic nitrogens is 2. The molecular formula is C19H27FN6. The molecule has 3 N–H and O–H groups in total. The molecule has 0 unspecified atom stereocenters. The van der Waals surface area contributed by atoms with E-state index in [1.807, 2.05) is 6.92 Å². The Bertz CT molecular complexity index is 811. The van der Waals surface area contributed by atoms with Crippen LogP contribution in [-0.2, 0) is 0 Å². The molecule has 26 heavy (non-hydrogen) atoms. The summed E-state index contributed by atoms with van der Waals surface area (Å²) in [5.41, 5.74) is 7.58. The van der Waals surface area contributed by atoms with Gasteiger partial charge in [0, 0.05) is 30.0 Å². The number of anilines is 1. The molecule has 140 valence electrons. The lowest BCUT2D eigenvalue weighted by Gasteiger charge is -2.30. The molecule has 0 spiro atoms. The second kappa shape index (κ2) is 7.53. The van der Waals surface area contributed by atoms with Crippen molar-refractivity contribution in [2.75, 3.05) is 32.5 Å². The van der Waals surface area contributed by atoms with Crippen LogP contribution in [0.2, 0.25) is 0 Å². The number of halogens is 1. The number of fused-ring (bicyclic) bond motifs is 1. The Balaban J connectivity index is 1.75. The molecule has 0 saturated heterocycles. The van der Waals surface area contributed by atoms with E-state index in [1.54, 1.807) is 6.07 Å². The molecule has 0 radical (unpaired) electrons. The van der Waals surface area contributed by atoms with Gasteiger partial charge in [0.15, 0.2) is 5.96 Å². The van der Waals surface area contributed by atoms with Crippen LogP contribution in [0.25, 0.3) is 10.9 Å². The Kier molecular flexibility index (Phi) is 5.36. The van der Waals surface area contributed by atoms with Gasteiger partial charge in [0.2, 0.25) is 5.95 Å². The summed E-state index contributed by atoms with van der Waals surface area (Å²) in [6, 6.07) is 4.49. The lowest BCUT2D eigenvalue weighted by molar-refractivity contribution is 0.210. The van der Waals surface area contributed by atoms with Crippen LogP contribution in [0.1, 0.15) is 31.4 Å². The first-order chi connectivity index (χ1) is 12.4. The van der Waals surface area contributed by atoms with Crippen molar-refractivity contribution in [2.24, 2.45) is 16.1 Å². The number of benzene rings is 1. The maximum Gasteiger partial charge on any atom is 0.230 e. The van der Waals surface area contributed by atoms with Crippen LogP contribution in [0, 0.1) is 18.2 Å². The van der Waals surface area contributed by atoms with E-state index in [4.69, 9.17) is 5.73 Å². The number of hydrogen-bond acceptors (Lipinski definition) is 4. The Hall–Kier alpha value is -2.28. The average Bonchev–Trinajstić information content (AvgIpc) is 3.00. The molecule has 7 heteroatoms. The largest absolute Gasteiger partial charge is 0.370 e. The molecule has 1 heterocycles. The fourth-order valence-corrected chi connectivity index (χ4v) is 3.89. The van der Waals surface area contributed by atoms with Crippen molar-refractivity contribution < 1.29 is 4.39 Å². The number of rotatable bonds is 5. The van der Waals surface area contributed by atoms with E-state index >= 15 is 0 Å². The van der Waals surface area contributed by atoms with E-state index in [1.165, 1.54) is 37.8 Å². The highest BCUT2D eigenvalue weighted by atomic mass is 19.1. The van der Waals surface area contributed by atoms with Crippen LogP contribution >= 0.6 is 0 Å². The standard InChI is InChI=1S/C19H27FN6/c1-13-15-7-6-14(20)10-16(15)24-18(23-13)25-17(21)22-11-19(12-26(2)3)8-4-5-9-19/h6-7,10H,4-5,8-9,11-12H2,1-3H3,(H3,21,22,23,24,25). The predicted octanol–water partition coefficient (Wildman–Crippen LogP) is 2.93. The van der Waals surface area contributed by atoms with Gasteiger partial charge in [-0.1, -0.05) is 12.8 Å². The van der Waals surface area contributed by atoms with Gasteiger partial charge >= 0.3 is 0 Å². The third-order valence-corrected chi connectivity index (χ3v) is 4.99. The van der Waals surface area contributed by atoms with Crippen LogP contribution in [0.4, 0.5) is 10.3 Å². The first-order valence-electron chi connectivity index (χ1n) is 9.02. The summed E-state index contributed by atoms with van der Waals surface area (Å²) in [5, 5.41) is 3.78. The van der Waals surface area contributed by atoms with E-state index in [9.17, 15) is 4.39 Å². The number of aliphatic imine (C=N–C) groups is 1. The van der Waals surface area contributed by atoms with Gasteiger partial charge in [-0.05, 0) is 46.0 Å². The fourth-order valence-electron chi connectivity index (χ4n) is 3.89. The zero-order valence-corrected chi connectivity index (χ0v) is 15.7. The van der Waals surface area contributed by atoms with Crippen molar-refractivity contribution in [1.82, 2.24) is 14.9 Å². The molecule has 1 aliphatic rings. The molecule has 1 aromatic carbocycles. The molecule has 1 aromatic heterocycles. The van der Waals surface area contributed by atoms with Gasteiger partial charge < -0.3 is 10.6 Å². The average molecular weight is 358 g/mol. The topological polar surface area (TPSA) is 79.4 Å². The zero-order chi connectivity index (χ0) is 18.7. The van der Waals surface area contributed by atoms with Gasteiger partial charge in [0.05, 0.1) is 11.2 Å². The van der Waals surface area contributed by atoms with Crippen molar-refractivity contribution >= 4 is 22.8 Å². The smallest absolute Gasteiger partial charge is 0.230 e. The zero-order valence-electron chi connectivity index (χ0n) is 15.7. The number of nitrogens with zero attached hydrogens (tertiary/aromatic N) is 4. The molecule has 1 fully saturated rings. The van der Waals surface area contributed by atoms with Crippen molar-refractivity contribution in [3.63, 3.8) is 0 Å². The van der Waals surface area contributed by atoms with Crippen LogP contribution in [-0.4, -0.2) is 48.0 Å². The third-order valence-electron chi connectivity index (χ3n) is 4.99. The molecule has 6 nitrogen and oxygen atoms in total. The molecule has 0 atom stereocenters. The molecule has 1 saturated carbocycles. The maximum atomic E-state index is 13.5. The van der Waals surface area contributed by atoms with E-state index in [0.717, 1.165) is 17.6 Å². The Morgan fingerprint density at radius 1 is 1.31 bits per heavy atom. The van der Waals surface area contributed by atoms with Gasteiger partial charge in [-0.15, -0.1) is 0 Å². The maximum absolute atomic E-state index is 13.5. The SMILES string of the molecule is Cc1nc(NC(N)=NCC2(CN(C)C)CCCC2)nc2cc(F)ccc12. The minimum Gasteiger partial charge on any atom is -0.370 e. The van der Waals surface area contributed by atoms with Gasteiger partial charge in [-0.2, -0.15) is 0 Å². The van der Waals surface area contributed by atoms with E-state index in [2.05, 4.69) is 39.3 Å². The summed E-state index contributed by atoms with van der Waals surface area (Å²) in [5.74, 6) is 0.315. The molecule has 0 bridgehead atoms. The summed E-state index contributed by atoms with van der Waals surface area (Å²) >= 11 is 0. The molecule has 0 aliphatic heterocycles. The van der Waals surface area contributed by atoms with Crippen LogP contribution in [0.5, 0.6) is 0 Å². The number of nitrogens with two attached hydrogens (primary N) is 1. The highest BCUT2D eigenvalue weighted by molar-refractivity contribution is 5.92. The normalized spacial score (nSPS) is 17.2. The van der Waals surface area contributed by atoms with E-state index in [0.29, 0.717) is 24.0 Å². The highest BCUT2D eigenvalue weighted by Gasteiger charge is 2.34. The first kappa shape index (κ1) is 18.5. The van der Waals surface area contributed by atoms with Gasteiger partial charge in [-0.25, -0.2) is 14.4 Å². The van der Waals surface area contributed by atoms with Crippen molar-refractivity contribution in [2.45, 2.75) is 32.6 Å². The van der Waals surface area contributed by atoms with E-state index < -0.39 is 0 Å². The summed E-state index contributed by atoms with van der Waals surface area (Å²) in [4.78, 5) is 15.5. The molecular weight excluding hydrogens is 331 g/mol. The van der Waals surface area contributed by atoms with Gasteiger partial charge in [-0.3, -0.25) is 10.3 Å². The van der Waals surface area contributed by atoms with Crippen LogP contribution in [0.15, 0.2) is 23.2 Å². The summed E-state index contributed by atoms with van der Waals surface area (Å²) < 4.78 is 13.5. The lowest BCUT2D eigenvalue weighted by atomic mass is 9.86. The Morgan fingerprint density at radius 2 is 2.04 bits per heavy atom. The number of aryl methyl sites for hydroxylation is 1. The third kappa shape index (κ3) is 4.27. The molecule has 3 rings (SSSR count). The van der Waals surface area contributed by atoms with Crippen molar-refractivity contribution in [3.05, 3.63) is 29.7 Å². The molecule has 2 aromatic rings. The quantitative estimate of drug-likeness (QED) is 0.635. The Labute approximate surface area is 153 Å². The molecule has 0 amide bonds. The monoisotopic (exact) mass is 358 g/mol. The van der Waals surface area contributed by atoms with Crippen molar-refractivity contribution in [1.29, 1.82) is 0 Å². The Morgan fingerprint density at radius 3 is 2.73 bits per heavy atom. The second-order valence-electron chi connectivity index (χ2n) is 7.57. The summed E-state index contributed by atoms with van der Waals surface area (Å²) in [6.07, 6.45) is 4.84. The van der Waals surface area contributed by atoms with Crippen molar-refractivity contribution in [3.8, 4) is 0 Å². The predicted molar refractivity (Wildman–Crippen MR) is 104 cm³/mol. The van der Waals surface area contributed by atoms with Gasteiger partial charge in [0.25, 0.3) is 0 Å².